The lowest BCUT2D eigenvalue weighted by molar-refractivity contribution is -0.125. The average Bonchev–Trinajstić information content (AvgIpc) is 2.27. The third-order valence-corrected chi connectivity index (χ3v) is 2.47. The first-order valence-electron chi connectivity index (χ1n) is 4.92. The number of carbonyl (C=O) groups excluding carboxylic acids is 2. The Labute approximate surface area is 92.8 Å². The molecule has 84 valence electrons. The zero-order valence-electron chi connectivity index (χ0n) is 8.84. The summed E-state index contributed by atoms with van der Waals surface area (Å²) in [6.07, 6.45) is -0.779. The summed E-state index contributed by atoms with van der Waals surface area (Å²) in [5.41, 5.74) is 5.86. The molecule has 0 fully saturated rings. The number of hydrogen-bond acceptors (Lipinski definition) is 3. The quantitative estimate of drug-likeness (QED) is 0.739. The molecular weight excluding hydrogens is 208 g/mol. The van der Waals surface area contributed by atoms with E-state index in [1.165, 1.54) is 11.8 Å². The van der Waals surface area contributed by atoms with E-state index in [9.17, 15) is 9.59 Å². The third-order valence-electron chi connectivity index (χ3n) is 2.47. The second-order valence-electron chi connectivity index (χ2n) is 3.61. The first-order chi connectivity index (χ1) is 7.59. The van der Waals surface area contributed by atoms with Gasteiger partial charge in [-0.25, -0.2) is 0 Å². The van der Waals surface area contributed by atoms with Crippen LogP contribution in [0.5, 0.6) is 5.75 Å². The molecule has 2 amide bonds. The molecule has 0 saturated heterocycles. The lowest BCUT2D eigenvalue weighted by Gasteiger charge is -2.32. The minimum Gasteiger partial charge on any atom is -0.477 e. The Kier molecular flexibility index (Phi) is 2.52. The summed E-state index contributed by atoms with van der Waals surface area (Å²) in [6.45, 7) is 1.61. The zero-order valence-corrected chi connectivity index (χ0v) is 8.84. The largest absolute Gasteiger partial charge is 0.477 e. The van der Waals surface area contributed by atoms with Crippen LogP contribution in [0.1, 0.15) is 6.92 Å². The number of amides is 2. The van der Waals surface area contributed by atoms with Crippen LogP contribution in [0, 0.1) is 0 Å². The van der Waals surface area contributed by atoms with Crippen molar-refractivity contribution in [3.63, 3.8) is 0 Å². The van der Waals surface area contributed by atoms with E-state index in [0.29, 0.717) is 11.4 Å². The van der Waals surface area contributed by atoms with Gasteiger partial charge in [0, 0.05) is 6.92 Å². The van der Waals surface area contributed by atoms with Crippen molar-refractivity contribution in [3.8, 4) is 5.75 Å². The van der Waals surface area contributed by atoms with Crippen LogP contribution in [-0.2, 0) is 9.59 Å². The van der Waals surface area contributed by atoms with Crippen molar-refractivity contribution in [2.45, 2.75) is 13.0 Å². The first kappa shape index (κ1) is 10.5. The molecule has 0 saturated carbocycles. The van der Waals surface area contributed by atoms with Crippen molar-refractivity contribution < 1.29 is 14.3 Å². The van der Waals surface area contributed by atoms with Gasteiger partial charge in [0.05, 0.1) is 12.2 Å². The highest BCUT2D eigenvalue weighted by Crippen LogP contribution is 2.32. The van der Waals surface area contributed by atoms with Crippen LogP contribution in [0.25, 0.3) is 0 Å². The van der Waals surface area contributed by atoms with Crippen LogP contribution in [0.15, 0.2) is 24.3 Å². The monoisotopic (exact) mass is 220 g/mol. The lowest BCUT2D eigenvalue weighted by atomic mass is 10.2. The Bertz CT molecular complexity index is 445. The van der Waals surface area contributed by atoms with Crippen LogP contribution in [0.4, 0.5) is 5.69 Å². The first-order valence-corrected chi connectivity index (χ1v) is 4.92. The lowest BCUT2D eigenvalue weighted by Crippen LogP contribution is -2.48. The van der Waals surface area contributed by atoms with Crippen molar-refractivity contribution >= 4 is 17.5 Å². The molecule has 0 aliphatic carbocycles. The van der Waals surface area contributed by atoms with Crippen LogP contribution in [0.2, 0.25) is 0 Å². The molecule has 1 heterocycles. The number of fused-ring (bicyclic) bond motifs is 1. The van der Waals surface area contributed by atoms with Crippen molar-refractivity contribution in [1.82, 2.24) is 0 Å². The van der Waals surface area contributed by atoms with Crippen molar-refractivity contribution in [2.75, 3.05) is 11.4 Å². The Morgan fingerprint density at radius 2 is 2.12 bits per heavy atom. The number of benzene rings is 1. The molecule has 0 spiro atoms. The molecule has 2 rings (SSSR count). The molecule has 0 aromatic heterocycles. The smallest absolute Gasteiger partial charge is 0.260 e. The number of rotatable bonds is 1. The number of para-hydroxylation sites is 2. The topological polar surface area (TPSA) is 72.6 Å². The predicted octanol–water partition coefficient (Wildman–Crippen LogP) is 0.286. The molecule has 16 heavy (non-hydrogen) atoms. The molecule has 1 aliphatic heterocycles. The van der Waals surface area contributed by atoms with Gasteiger partial charge in [-0.1, -0.05) is 12.1 Å². The van der Waals surface area contributed by atoms with E-state index >= 15 is 0 Å². The van der Waals surface area contributed by atoms with E-state index < -0.39 is 12.0 Å². The normalized spacial score (nSPS) is 18.6. The summed E-state index contributed by atoms with van der Waals surface area (Å²) in [5, 5.41) is 0. The summed E-state index contributed by atoms with van der Waals surface area (Å²) in [5.74, 6) is -0.199. The highest BCUT2D eigenvalue weighted by atomic mass is 16.5. The maximum Gasteiger partial charge on any atom is 0.260 e. The van der Waals surface area contributed by atoms with Crippen LogP contribution in [0.3, 0.4) is 0 Å². The van der Waals surface area contributed by atoms with Gasteiger partial charge < -0.3 is 15.4 Å². The molecule has 1 aromatic rings. The van der Waals surface area contributed by atoms with E-state index in [1.807, 2.05) is 6.07 Å². The number of ether oxygens (including phenoxy) is 1. The van der Waals surface area contributed by atoms with Crippen molar-refractivity contribution in [1.29, 1.82) is 0 Å². The van der Waals surface area contributed by atoms with Gasteiger partial charge in [0.1, 0.15) is 5.75 Å². The number of nitrogens with two attached hydrogens (primary N) is 1. The molecule has 5 heteroatoms. The molecule has 1 unspecified atom stereocenters. The van der Waals surface area contributed by atoms with Crippen LogP contribution >= 0.6 is 0 Å². The van der Waals surface area contributed by atoms with E-state index in [4.69, 9.17) is 10.5 Å². The highest BCUT2D eigenvalue weighted by Gasteiger charge is 2.30. The maximum absolute atomic E-state index is 11.4. The van der Waals surface area contributed by atoms with Gasteiger partial charge in [-0.3, -0.25) is 9.59 Å². The van der Waals surface area contributed by atoms with E-state index in [0.717, 1.165) is 0 Å². The zero-order chi connectivity index (χ0) is 11.7. The average molecular weight is 220 g/mol. The summed E-state index contributed by atoms with van der Waals surface area (Å²) in [7, 11) is 0. The van der Waals surface area contributed by atoms with Gasteiger partial charge in [-0.2, -0.15) is 0 Å². The minimum atomic E-state index is -0.779. The number of nitrogens with zero attached hydrogens (tertiary/aromatic N) is 1. The second-order valence-corrected chi connectivity index (χ2v) is 3.61. The van der Waals surface area contributed by atoms with Crippen LogP contribution in [-0.4, -0.2) is 24.5 Å². The fourth-order valence-corrected chi connectivity index (χ4v) is 1.68. The van der Waals surface area contributed by atoms with Crippen LogP contribution < -0.4 is 15.4 Å². The Hall–Kier alpha value is -2.04. The number of carbonyl (C=O) groups is 2. The molecule has 5 nitrogen and oxygen atoms in total. The highest BCUT2D eigenvalue weighted by molar-refractivity contribution is 5.95. The summed E-state index contributed by atoms with van der Waals surface area (Å²) < 4.78 is 5.41. The summed E-state index contributed by atoms with van der Waals surface area (Å²) in [4.78, 5) is 24.0. The van der Waals surface area contributed by atoms with Gasteiger partial charge in [-0.05, 0) is 12.1 Å². The van der Waals surface area contributed by atoms with E-state index in [1.54, 1.807) is 18.2 Å². The fourth-order valence-electron chi connectivity index (χ4n) is 1.68. The third kappa shape index (κ3) is 1.71. The Morgan fingerprint density at radius 1 is 1.44 bits per heavy atom. The molecule has 1 atom stereocenters. The number of hydrogen-bond donors (Lipinski definition) is 1. The van der Waals surface area contributed by atoms with Crippen molar-refractivity contribution in [3.05, 3.63) is 24.3 Å². The molecule has 0 radical (unpaired) electrons. The predicted molar refractivity (Wildman–Crippen MR) is 58.1 cm³/mol. The van der Waals surface area contributed by atoms with Crippen molar-refractivity contribution in [2.24, 2.45) is 5.73 Å². The second kappa shape index (κ2) is 3.84. The molecular formula is C11H12N2O3. The molecule has 1 aromatic carbocycles. The SMILES string of the molecule is CC(=O)N1CC(C(N)=O)Oc2ccccc21. The Balaban J connectivity index is 2.41. The molecule has 0 bridgehead atoms. The Morgan fingerprint density at radius 3 is 2.75 bits per heavy atom. The van der Waals surface area contributed by atoms with E-state index in [-0.39, 0.29) is 12.5 Å². The number of anilines is 1. The summed E-state index contributed by atoms with van der Waals surface area (Å²) >= 11 is 0. The number of primary amides is 1. The fraction of sp³-hybridized carbons (Fsp3) is 0.273. The summed E-state index contributed by atoms with van der Waals surface area (Å²) in [6, 6.07) is 7.07. The van der Waals surface area contributed by atoms with Gasteiger partial charge >= 0.3 is 0 Å². The standard InChI is InChI=1S/C11H12N2O3/c1-7(14)13-6-10(11(12)15)16-9-5-3-2-4-8(9)13/h2-5,10H,6H2,1H3,(H2,12,15). The van der Waals surface area contributed by atoms with Gasteiger partial charge in [0.25, 0.3) is 5.91 Å². The van der Waals surface area contributed by atoms with E-state index in [2.05, 4.69) is 0 Å². The van der Waals surface area contributed by atoms with Gasteiger partial charge in [-0.15, -0.1) is 0 Å². The van der Waals surface area contributed by atoms with Gasteiger partial charge in [0.15, 0.2) is 6.10 Å². The molecule has 1 aliphatic rings. The molecule has 2 N–H and O–H groups in total. The maximum atomic E-state index is 11.4. The minimum absolute atomic E-state index is 0.137. The van der Waals surface area contributed by atoms with Gasteiger partial charge in [0.2, 0.25) is 5.91 Å².